The van der Waals surface area contributed by atoms with E-state index in [0.29, 0.717) is 37.1 Å². The Balaban J connectivity index is 1.62. The van der Waals surface area contributed by atoms with Gasteiger partial charge in [-0.25, -0.2) is 4.39 Å². The van der Waals surface area contributed by atoms with Gasteiger partial charge in [-0.1, -0.05) is 5.16 Å². The molecule has 1 aromatic carbocycles. The van der Waals surface area contributed by atoms with Crippen LogP contribution >= 0.6 is 11.8 Å². The van der Waals surface area contributed by atoms with Gasteiger partial charge in [-0.2, -0.15) is 4.98 Å². The van der Waals surface area contributed by atoms with Gasteiger partial charge < -0.3 is 9.26 Å². The summed E-state index contributed by atoms with van der Waals surface area (Å²) in [5.41, 5.74) is 0. The Hall–Kier alpha value is -1.73. The fraction of sp³-hybridized carbons (Fsp3) is 0.357. The fourth-order valence-electron chi connectivity index (χ4n) is 2.00. The highest BCUT2D eigenvalue weighted by Crippen LogP contribution is 2.24. The van der Waals surface area contributed by atoms with Gasteiger partial charge in [0.1, 0.15) is 17.5 Å². The van der Waals surface area contributed by atoms with Crippen molar-refractivity contribution in [3.8, 4) is 0 Å². The van der Waals surface area contributed by atoms with Crippen LogP contribution in [0.3, 0.4) is 0 Å². The summed E-state index contributed by atoms with van der Waals surface area (Å²) in [5, 5.41) is 3.87. The largest absolute Gasteiger partial charge is 0.380 e. The molecule has 21 heavy (non-hydrogen) atoms. The second-order valence-electron chi connectivity index (χ2n) is 4.64. The van der Waals surface area contributed by atoms with Crippen molar-refractivity contribution in [3.63, 3.8) is 0 Å². The van der Waals surface area contributed by atoms with E-state index in [0.717, 1.165) is 4.90 Å². The molecule has 0 N–H and O–H groups in total. The minimum Gasteiger partial charge on any atom is -0.380 e. The van der Waals surface area contributed by atoms with Gasteiger partial charge in [0.05, 0.1) is 19.0 Å². The third kappa shape index (κ3) is 3.48. The van der Waals surface area contributed by atoms with Gasteiger partial charge in [0.25, 0.3) is 0 Å². The van der Waals surface area contributed by atoms with Crippen molar-refractivity contribution in [1.82, 2.24) is 10.1 Å². The molecule has 1 unspecified atom stereocenters. The Morgan fingerprint density at radius 3 is 2.90 bits per heavy atom. The van der Waals surface area contributed by atoms with E-state index in [1.165, 1.54) is 23.9 Å². The number of carbonyl (C=O) groups excluding carboxylic acids is 1. The average molecular weight is 308 g/mol. The molecule has 2 aromatic rings. The number of ether oxygens (including phenoxy) is 1. The van der Waals surface area contributed by atoms with Gasteiger partial charge in [-0.15, -0.1) is 11.8 Å². The third-order valence-electron chi connectivity index (χ3n) is 3.13. The summed E-state index contributed by atoms with van der Waals surface area (Å²) in [6.07, 6.45) is 0.382. The number of aromatic nitrogens is 2. The fourth-order valence-corrected chi connectivity index (χ4v) is 2.74. The number of hydrogen-bond donors (Lipinski definition) is 0. The second-order valence-corrected chi connectivity index (χ2v) is 5.68. The second kappa shape index (κ2) is 6.36. The summed E-state index contributed by atoms with van der Waals surface area (Å²) >= 11 is 1.48. The Kier molecular flexibility index (Phi) is 4.31. The molecule has 0 spiro atoms. The molecule has 0 aliphatic carbocycles. The van der Waals surface area contributed by atoms with Crippen molar-refractivity contribution in [2.45, 2.75) is 23.0 Å². The Bertz CT molecular complexity index is 629. The van der Waals surface area contributed by atoms with Crippen LogP contribution < -0.4 is 0 Å². The maximum Gasteiger partial charge on any atom is 0.239 e. The maximum atomic E-state index is 12.8. The van der Waals surface area contributed by atoms with Crippen molar-refractivity contribution in [2.75, 3.05) is 13.2 Å². The average Bonchev–Trinajstić information content (AvgIpc) is 2.96. The van der Waals surface area contributed by atoms with Gasteiger partial charge in [-0.3, -0.25) is 4.79 Å². The Morgan fingerprint density at radius 2 is 2.14 bits per heavy atom. The molecule has 2 heterocycles. The molecule has 1 aromatic heterocycles. The molecule has 0 saturated carbocycles. The number of carbonyl (C=O) groups is 1. The lowest BCUT2D eigenvalue weighted by Gasteiger charge is -2.16. The maximum absolute atomic E-state index is 12.8. The van der Waals surface area contributed by atoms with Gasteiger partial charge in [0.15, 0.2) is 5.82 Å². The first-order chi connectivity index (χ1) is 10.2. The molecule has 0 bridgehead atoms. The number of ketones is 1. The smallest absolute Gasteiger partial charge is 0.239 e. The van der Waals surface area contributed by atoms with Crippen LogP contribution in [-0.4, -0.2) is 29.1 Å². The van der Waals surface area contributed by atoms with Crippen molar-refractivity contribution < 1.29 is 18.4 Å². The first-order valence-corrected chi connectivity index (χ1v) is 7.52. The van der Waals surface area contributed by atoms with Gasteiger partial charge >= 0.3 is 0 Å². The molecule has 3 rings (SSSR count). The van der Waals surface area contributed by atoms with Crippen LogP contribution in [0.15, 0.2) is 33.7 Å². The Labute approximate surface area is 124 Å². The van der Waals surface area contributed by atoms with Crippen LogP contribution in [-0.2, 0) is 15.3 Å². The van der Waals surface area contributed by atoms with E-state index >= 15 is 0 Å². The standard InChI is InChI=1S/C14H13FN2O3S/c15-9-1-3-10(4-2-9)21-8-13-16-14(20-17-13)11-7-19-6-5-12(11)18/h1-4,11H,5-8H2. The molecule has 1 fully saturated rings. The normalized spacial score (nSPS) is 18.9. The van der Waals surface area contributed by atoms with Crippen molar-refractivity contribution in [3.05, 3.63) is 41.8 Å². The molecular formula is C14H13FN2O3S. The van der Waals surface area contributed by atoms with Crippen LogP contribution in [0, 0.1) is 5.82 Å². The molecule has 110 valence electrons. The number of thioether (sulfide) groups is 1. The summed E-state index contributed by atoms with van der Waals surface area (Å²) < 4.78 is 23.2. The zero-order chi connectivity index (χ0) is 14.7. The van der Waals surface area contributed by atoms with E-state index in [-0.39, 0.29) is 11.6 Å². The number of halogens is 1. The number of benzene rings is 1. The van der Waals surface area contributed by atoms with Crippen LogP contribution in [0.1, 0.15) is 24.1 Å². The highest BCUT2D eigenvalue weighted by molar-refractivity contribution is 7.98. The quantitative estimate of drug-likeness (QED) is 0.809. The van der Waals surface area contributed by atoms with Crippen molar-refractivity contribution in [1.29, 1.82) is 0 Å². The topological polar surface area (TPSA) is 65.2 Å². The first-order valence-electron chi connectivity index (χ1n) is 6.53. The molecule has 1 aliphatic heterocycles. The zero-order valence-corrected chi connectivity index (χ0v) is 11.9. The third-order valence-corrected chi connectivity index (χ3v) is 4.14. The van der Waals surface area contributed by atoms with E-state index in [1.807, 2.05) is 0 Å². The number of hydrogen-bond acceptors (Lipinski definition) is 6. The van der Waals surface area contributed by atoms with E-state index < -0.39 is 5.92 Å². The van der Waals surface area contributed by atoms with Crippen LogP contribution in [0.5, 0.6) is 0 Å². The molecule has 0 radical (unpaired) electrons. The van der Waals surface area contributed by atoms with Crippen molar-refractivity contribution >= 4 is 17.5 Å². The van der Waals surface area contributed by atoms with Crippen LogP contribution in [0.2, 0.25) is 0 Å². The Morgan fingerprint density at radius 1 is 1.33 bits per heavy atom. The van der Waals surface area contributed by atoms with Crippen LogP contribution in [0.25, 0.3) is 0 Å². The molecule has 1 atom stereocenters. The number of nitrogens with zero attached hydrogens (tertiary/aromatic N) is 2. The molecule has 5 nitrogen and oxygen atoms in total. The van der Waals surface area contributed by atoms with Gasteiger partial charge in [0.2, 0.25) is 5.89 Å². The lowest BCUT2D eigenvalue weighted by atomic mass is 10.0. The number of Topliss-reactive ketones (excluding diaryl/α,β-unsaturated/α-hetero) is 1. The predicted molar refractivity (Wildman–Crippen MR) is 73.4 cm³/mol. The SMILES string of the molecule is O=C1CCOCC1c1nc(CSc2ccc(F)cc2)no1. The summed E-state index contributed by atoms with van der Waals surface area (Å²) in [7, 11) is 0. The molecule has 1 aliphatic rings. The molecule has 7 heteroatoms. The van der Waals surface area contributed by atoms with E-state index in [9.17, 15) is 9.18 Å². The summed E-state index contributed by atoms with van der Waals surface area (Å²) in [4.78, 5) is 16.9. The van der Waals surface area contributed by atoms with E-state index in [4.69, 9.17) is 9.26 Å². The highest BCUT2D eigenvalue weighted by atomic mass is 32.2. The highest BCUT2D eigenvalue weighted by Gasteiger charge is 2.29. The predicted octanol–water partition coefficient (Wildman–Crippen LogP) is 2.57. The summed E-state index contributed by atoms with van der Waals surface area (Å²) in [6.45, 7) is 0.752. The zero-order valence-electron chi connectivity index (χ0n) is 11.1. The lowest BCUT2D eigenvalue weighted by Crippen LogP contribution is -2.25. The van der Waals surface area contributed by atoms with E-state index in [2.05, 4.69) is 10.1 Å². The minimum absolute atomic E-state index is 0.0719. The first kappa shape index (κ1) is 14.2. The summed E-state index contributed by atoms with van der Waals surface area (Å²) in [6, 6.07) is 6.20. The lowest BCUT2D eigenvalue weighted by molar-refractivity contribution is -0.127. The molecular weight excluding hydrogens is 295 g/mol. The van der Waals surface area contributed by atoms with Crippen molar-refractivity contribution in [2.24, 2.45) is 0 Å². The van der Waals surface area contributed by atoms with Gasteiger partial charge in [-0.05, 0) is 24.3 Å². The van der Waals surface area contributed by atoms with Gasteiger partial charge in [0, 0.05) is 11.3 Å². The summed E-state index contributed by atoms with van der Waals surface area (Å²) in [5.74, 6) is 0.680. The number of rotatable bonds is 4. The monoisotopic (exact) mass is 308 g/mol. The van der Waals surface area contributed by atoms with E-state index in [1.54, 1.807) is 12.1 Å². The minimum atomic E-state index is -0.448. The molecule has 1 saturated heterocycles. The molecule has 0 amide bonds. The van der Waals surface area contributed by atoms with Crippen LogP contribution in [0.4, 0.5) is 4.39 Å².